The van der Waals surface area contributed by atoms with Crippen molar-refractivity contribution in [3.8, 4) is 11.6 Å². The van der Waals surface area contributed by atoms with Gasteiger partial charge in [-0.15, -0.1) is 0 Å². The third-order valence-corrected chi connectivity index (χ3v) is 6.30. The van der Waals surface area contributed by atoms with Crippen molar-refractivity contribution in [3.05, 3.63) is 114 Å². The minimum Gasteiger partial charge on any atom is -0.438 e. The second kappa shape index (κ2) is 8.06. The molecule has 6 rings (SSSR count). The Morgan fingerprint density at radius 2 is 1.76 bits per heavy atom. The van der Waals surface area contributed by atoms with E-state index in [1.165, 1.54) is 0 Å². The van der Waals surface area contributed by atoms with Gasteiger partial charge in [-0.2, -0.15) is 0 Å². The van der Waals surface area contributed by atoms with Crippen molar-refractivity contribution in [3.63, 3.8) is 0 Å². The summed E-state index contributed by atoms with van der Waals surface area (Å²) in [5, 5.41) is 11.3. The van der Waals surface area contributed by atoms with Gasteiger partial charge in [0.05, 0.1) is 11.9 Å². The van der Waals surface area contributed by atoms with Crippen LogP contribution in [0.15, 0.2) is 91.8 Å². The average Bonchev–Trinajstić information content (AvgIpc) is 3.38. The molecule has 3 aromatic carbocycles. The molecule has 0 saturated carbocycles. The first-order valence-electron chi connectivity index (χ1n) is 11.1. The molecular formula is C27H23N5O. The Balaban J connectivity index is 1.46. The molecule has 1 aliphatic rings. The Labute approximate surface area is 191 Å². The molecule has 1 N–H and O–H groups in total. The van der Waals surface area contributed by atoms with Crippen LogP contribution in [0.2, 0.25) is 0 Å². The van der Waals surface area contributed by atoms with Crippen LogP contribution >= 0.6 is 0 Å². The molecule has 0 bridgehead atoms. The summed E-state index contributed by atoms with van der Waals surface area (Å²) in [4.78, 5) is 8.78. The molecule has 0 spiro atoms. The van der Waals surface area contributed by atoms with Gasteiger partial charge in [0.2, 0.25) is 5.88 Å². The molecule has 6 heteroatoms. The number of aryl methyl sites for hydroxylation is 2. The summed E-state index contributed by atoms with van der Waals surface area (Å²) in [5.41, 5.74) is 3.45. The Morgan fingerprint density at radius 1 is 0.909 bits per heavy atom. The van der Waals surface area contributed by atoms with Crippen molar-refractivity contribution in [2.24, 2.45) is 0 Å². The summed E-state index contributed by atoms with van der Waals surface area (Å²) in [6, 6.07) is 22.9. The number of imidazole rings is 1. The Morgan fingerprint density at radius 3 is 2.61 bits per heavy atom. The van der Waals surface area contributed by atoms with Crippen molar-refractivity contribution in [2.45, 2.75) is 25.4 Å². The summed E-state index contributed by atoms with van der Waals surface area (Å²) >= 11 is 0. The normalized spacial score (nSPS) is 14.5. The average molecular weight is 434 g/mol. The molecule has 1 unspecified atom stereocenters. The molecule has 0 fully saturated rings. The lowest BCUT2D eigenvalue weighted by Crippen LogP contribution is -2.30. The van der Waals surface area contributed by atoms with Crippen molar-refractivity contribution < 1.29 is 4.74 Å². The summed E-state index contributed by atoms with van der Waals surface area (Å²) < 4.78 is 10.4. The lowest BCUT2D eigenvalue weighted by Gasteiger charge is -2.29. The Bertz CT molecular complexity index is 1490. The third kappa shape index (κ3) is 3.40. The fourth-order valence-electron chi connectivity index (χ4n) is 4.70. The Hall–Kier alpha value is -4.19. The van der Waals surface area contributed by atoms with Gasteiger partial charge in [-0.25, -0.2) is 9.97 Å². The molecule has 0 saturated heterocycles. The van der Waals surface area contributed by atoms with E-state index in [-0.39, 0.29) is 5.92 Å². The number of ether oxygens (including phenoxy) is 1. The number of nitrogens with zero attached hydrogens (tertiary/aromatic N) is 4. The van der Waals surface area contributed by atoms with E-state index in [0.29, 0.717) is 17.9 Å². The van der Waals surface area contributed by atoms with Crippen molar-refractivity contribution in [2.75, 3.05) is 0 Å². The predicted molar refractivity (Wildman–Crippen MR) is 126 cm³/mol. The Kier molecular flexibility index (Phi) is 4.76. The zero-order chi connectivity index (χ0) is 22.2. The second-order valence-corrected chi connectivity index (χ2v) is 8.31. The van der Waals surface area contributed by atoms with Crippen molar-refractivity contribution in [1.29, 1.82) is 5.41 Å². The number of benzene rings is 3. The highest BCUT2D eigenvalue weighted by atomic mass is 16.5. The van der Waals surface area contributed by atoms with E-state index in [1.54, 1.807) is 12.5 Å². The van der Waals surface area contributed by atoms with E-state index in [4.69, 9.17) is 10.1 Å². The molecule has 0 amide bonds. The second-order valence-electron chi connectivity index (χ2n) is 8.31. The third-order valence-electron chi connectivity index (χ3n) is 6.30. The molecule has 6 nitrogen and oxygen atoms in total. The number of nitrogens with one attached hydrogen (secondary N) is 1. The molecule has 0 aliphatic carbocycles. The summed E-state index contributed by atoms with van der Waals surface area (Å²) in [5.74, 6) is 1.23. The van der Waals surface area contributed by atoms with E-state index in [0.717, 1.165) is 46.2 Å². The zero-order valence-electron chi connectivity index (χ0n) is 18.1. The number of hydrogen-bond donors (Lipinski definition) is 1. The fourth-order valence-corrected chi connectivity index (χ4v) is 4.70. The minimum atomic E-state index is -0.115. The maximum absolute atomic E-state index is 9.09. The molecule has 1 atom stereocenters. The quantitative estimate of drug-likeness (QED) is 0.412. The summed E-state index contributed by atoms with van der Waals surface area (Å²) in [7, 11) is 0. The van der Waals surface area contributed by atoms with Gasteiger partial charge in [0.25, 0.3) is 0 Å². The minimum absolute atomic E-state index is 0.115. The van der Waals surface area contributed by atoms with Gasteiger partial charge in [-0.05, 0) is 17.4 Å². The number of hydrogen-bond acceptors (Lipinski definition) is 4. The standard InChI is InChI=1S/C27H23N5O/c28-26-24-23(20-8-2-1-3-9-20)22-12-11-19-7-4-5-10-21(19)25(22)33-27(24)30-18-32(26)15-6-14-31-16-13-29-17-31/h1-5,7-13,16-18,23,28H,6,14-15H2. The van der Waals surface area contributed by atoms with Crippen LogP contribution in [0, 0.1) is 5.41 Å². The SMILES string of the molecule is N=c1c2c(ncn1CCCn1ccnc1)Oc1c(ccc3ccccc13)C2c1ccccc1. The van der Waals surface area contributed by atoms with Gasteiger partial charge in [-0.3, -0.25) is 5.41 Å². The highest BCUT2D eigenvalue weighted by molar-refractivity contribution is 5.91. The topological polar surface area (TPSA) is 68.7 Å². The van der Waals surface area contributed by atoms with E-state index >= 15 is 0 Å². The van der Waals surface area contributed by atoms with Crippen LogP contribution in [0.3, 0.4) is 0 Å². The number of aromatic nitrogens is 4. The van der Waals surface area contributed by atoms with E-state index in [2.05, 4.69) is 46.4 Å². The van der Waals surface area contributed by atoms with Crippen LogP contribution in [0.1, 0.15) is 29.0 Å². The first-order chi connectivity index (χ1) is 16.3. The van der Waals surface area contributed by atoms with Crippen LogP contribution in [0.25, 0.3) is 10.8 Å². The predicted octanol–water partition coefficient (Wildman–Crippen LogP) is 5.09. The molecule has 0 radical (unpaired) electrons. The fraction of sp³-hybridized carbons (Fsp3) is 0.148. The first kappa shape index (κ1) is 19.5. The molecule has 2 aromatic heterocycles. The molecule has 5 aromatic rings. The monoisotopic (exact) mass is 433 g/mol. The van der Waals surface area contributed by atoms with Gasteiger partial charge in [0.15, 0.2) is 0 Å². The van der Waals surface area contributed by atoms with Gasteiger partial charge in [0.1, 0.15) is 17.6 Å². The number of rotatable bonds is 5. The van der Waals surface area contributed by atoms with Gasteiger partial charge in [0, 0.05) is 42.4 Å². The zero-order valence-corrected chi connectivity index (χ0v) is 18.1. The highest BCUT2D eigenvalue weighted by Gasteiger charge is 2.32. The van der Waals surface area contributed by atoms with Crippen molar-refractivity contribution >= 4 is 10.8 Å². The maximum Gasteiger partial charge on any atom is 0.228 e. The largest absolute Gasteiger partial charge is 0.438 e. The summed E-state index contributed by atoms with van der Waals surface area (Å²) in [6.07, 6.45) is 8.17. The van der Waals surface area contributed by atoms with Crippen LogP contribution in [0.5, 0.6) is 11.6 Å². The number of fused-ring (bicyclic) bond motifs is 4. The molecular weight excluding hydrogens is 410 g/mol. The van der Waals surface area contributed by atoms with Gasteiger partial charge < -0.3 is 13.9 Å². The maximum atomic E-state index is 9.09. The van der Waals surface area contributed by atoms with Crippen molar-refractivity contribution in [1.82, 2.24) is 19.1 Å². The van der Waals surface area contributed by atoms with E-state index in [9.17, 15) is 0 Å². The molecule has 162 valence electrons. The van der Waals surface area contributed by atoms with E-state index in [1.807, 2.05) is 52.0 Å². The molecule has 1 aliphatic heterocycles. The lowest BCUT2D eigenvalue weighted by atomic mass is 9.83. The highest BCUT2D eigenvalue weighted by Crippen LogP contribution is 2.47. The van der Waals surface area contributed by atoms with Crippen LogP contribution in [-0.4, -0.2) is 19.1 Å². The first-order valence-corrected chi connectivity index (χ1v) is 11.1. The summed E-state index contributed by atoms with van der Waals surface area (Å²) in [6.45, 7) is 1.54. The lowest BCUT2D eigenvalue weighted by molar-refractivity contribution is 0.423. The van der Waals surface area contributed by atoms with Gasteiger partial charge in [-0.1, -0.05) is 66.7 Å². The van der Waals surface area contributed by atoms with Crippen LogP contribution < -0.4 is 10.2 Å². The molecule has 33 heavy (non-hydrogen) atoms. The smallest absolute Gasteiger partial charge is 0.228 e. The van der Waals surface area contributed by atoms with Gasteiger partial charge >= 0.3 is 0 Å². The van der Waals surface area contributed by atoms with Crippen LogP contribution in [-0.2, 0) is 13.1 Å². The van der Waals surface area contributed by atoms with E-state index < -0.39 is 0 Å². The molecule has 3 heterocycles. The van der Waals surface area contributed by atoms with Crippen LogP contribution in [0.4, 0.5) is 0 Å².